The molecule has 4 aliphatic rings. The number of rotatable bonds is 11. The van der Waals surface area contributed by atoms with E-state index in [2.05, 4.69) is 29.6 Å². The van der Waals surface area contributed by atoms with Crippen LogP contribution in [0.4, 0.5) is 5.69 Å². The number of anilines is 1. The number of imide groups is 1. The Bertz CT molecular complexity index is 1470. The number of methoxy groups -OCH3 is 2. The van der Waals surface area contributed by atoms with Gasteiger partial charge in [-0.05, 0) is 47.2 Å². The smallest absolute Gasteiger partial charge is 0.306 e. The van der Waals surface area contributed by atoms with Gasteiger partial charge in [0.05, 0.1) is 31.7 Å². The van der Waals surface area contributed by atoms with Gasteiger partial charge >= 0.3 is 5.97 Å². The van der Waals surface area contributed by atoms with E-state index in [1.165, 1.54) is 19.1 Å². The van der Waals surface area contributed by atoms with Gasteiger partial charge in [-0.2, -0.15) is 0 Å². The lowest BCUT2D eigenvalue weighted by atomic mass is 9.55. The summed E-state index contributed by atoms with van der Waals surface area (Å²) in [5, 5.41) is 2.66. The van der Waals surface area contributed by atoms with Crippen LogP contribution in [0.1, 0.15) is 59.8 Å². The Morgan fingerprint density at radius 3 is 1.88 bits per heavy atom. The van der Waals surface area contributed by atoms with Crippen LogP contribution in [0.3, 0.4) is 0 Å². The SMILES string of the molecule is COc1ccc(NC(=O)COC(=O)CCCCCN2C(=O)[C@H]3C4c5ccccc5C(c5ccccc54)[C@@H]3C2=O)c(OC)c1. The van der Waals surface area contributed by atoms with Crippen molar-refractivity contribution in [1.29, 1.82) is 0 Å². The molecule has 0 aromatic heterocycles. The van der Waals surface area contributed by atoms with Crippen LogP contribution in [0, 0.1) is 11.8 Å². The number of unbranched alkanes of at least 4 members (excludes halogenated alkanes) is 2. The van der Waals surface area contributed by atoms with Crippen LogP contribution >= 0.6 is 0 Å². The molecule has 1 saturated heterocycles. The molecule has 9 nitrogen and oxygen atoms in total. The maximum absolute atomic E-state index is 13.7. The Morgan fingerprint density at radius 1 is 0.767 bits per heavy atom. The quantitative estimate of drug-likeness (QED) is 0.199. The Kier molecular flexibility index (Phi) is 7.88. The molecule has 222 valence electrons. The van der Waals surface area contributed by atoms with Gasteiger partial charge in [0.15, 0.2) is 6.61 Å². The molecule has 3 aliphatic carbocycles. The summed E-state index contributed by atoms with van der Waals surface area (Å²) >= 11 is 0. The third-order valence-corrected chi connectivity index (χ3v) is 8.85. The third kappa shape index (κ3) is 5.13. The lowest BCUT2D eigenvalue weighted by Gasteiger charge is -2.45. The Hall–Kier alpha value is -4.66. The maximum atomic E-state index is 13.7. The van der Waals surface area contributed by atoms with Crippen LogP contribution in [0.2, 0.25) is 0 Å². The molecule has 2 bridgehead atoms. The van der Waals surface area contributed by atoms with Gasteiger partial charge in [-0.1, -0.05) is 55.0 Å². The average Bonchev–Trinajstić information content (AvgIpc) is 3.29. The van der Waals surface area contributed by atoms with Gasteiger partial charge < -0.3 is 19.5 Å². The number of nitrogens with one attached hydrogen (secondary N) is 1. The fourth-order valence-electron chi connectivity index (χ4n) is 6.98. The van der Waals surface area contributed by atoms with Crippen LogP contribution in [0.15, 0.2) is 66.7 Å². The van der Waals surface area contributed by atoms with Gasteiger partial charge in [0, 0.05) is 30.9 Å². The second kappa shape index (κ2) is 11.9. The zero-order valence-corrected chi connectivity index (χ0v) is 24.2. The lowest BCUT2D eigenvalue weighted by molar-refractivity contribution is -0.147. The van der Waals surface area contributed by atoms with E-state index in [0.29, 0.717) is 43.0 Å². The predicted octanol–water partition coefficient (Wildman–Crippen LogP) is 4.64. The minimum absolute atomic E-state index is 0.0899. The molecule has 9 heteroatoms. The van der Waals surface area contributed by atoms with Gasteiger partial charge in [-0.25, -0.2) is 0 Å². The molecule has 3 amide bonds. The van der Waals surface area contributed by atoms with Crippen molar-refractivity contribution in [2.75, 3.05) is 32.7 Å². The largest absolute Gasteiger partial charge is 0.497 e. The molecule has 0 spiro atoms. The summed E-state index contributed by atoms with van der Waals surface area (Å²) in [7, 11) is 3.01. The molecule has 1 aliphatic heterocycles. The minimum atomic E-state index is -0.484. The van der Waals surface area contributed by atoms with E-state index in [4.69, 9.17) is 14.2 Å². The van der Waals surface area contributed by atoms with E-state index in [-0.39, 0.29) is 41.9 Å². The number of hydrogen-bond donors (Lipinski definition) is 1. The second-order valence-electron chi connectivity index (χ2n) is 11.2. The Labute approximate surface area is 250 Å². The molecular formula is C34H34N2O7. The number of carbonyl (C=O) groups excluding carboxylic acids is 4. The standard InChI is InChI=1S/C34H34N2O7/c1-41-20-15-16-25(26(18-20)42-2)35-27(37)19-43-28(38)14-4-3-9-17-36-33(39)31-29-21-10-5-6-11-22(21)30(32(31)34(36)40)24-13-8-7-12-23(24)29/h5-8,10-13,15-16,18,29-32H,3-4,9,14,17,19H2,1-2H3,(H,35,37)/t29?,30?,31-,32-/m0/s1. The lowest BCUT2D eigenvalue weighted by Crippen LogP contribution is -2.41. The van der Waals surface area contributed by atoms with Gasteiger partial charge in [-0.15, -0.1) is 0 Å². The fourth-order valence-corrected chi connectivity index (χ4v) is 6.98. The van der Waals surface area contributed by atoms with Crippen LogP contribution in [0.25, 0.3) is 0 Å². The van der Waals surface area contributed by atoms with Crippen molar-refractivity contribution in [3.05, 3.63) is 89.0 Å². The van der Waals surface area contributed by atoms with E-state index in [0.717, 1.165) is 22.3 Å². The average molecular weight is 583 g/mol. The van der Waals surface area contributed by atoms with Crippen molar-refractivity contribution < 1.29 is 33.4 Å². The van der Waals surface area contributed by atoms with Crippen LogP contribution in [-0.2, 0) is 23.9 Å². The van der Waals surface area contributed by atoms with Crippen LogP contribution in [0.5, 0.6) is 11.5 Å². The highest BCUT2D eigenvalue weighted by Gasteiger charge is 2.61. The van der Waals surface area contributed by atoms with Gasteiger partial charge in [0.1, 0.15) is 11.5 Å². The molecule has 43 heavy (non-hydrogen) atoms. The first-order valence-electron chi connectivity index (χ1n) is 14.6. The van der Waals surface area contributed by atoms with Crippen LogP contribution < -0.4 is 14.8 Å². The summed E-state index contributed by atoms with van der Waals surface area (Å²) in [6.45, 7) is -0.0847. The maximum Gasteiger partial charge on any atom is 0.306 e. The topological polar surface area (TPSA) is 111 Å². The number of carbonyl (C=O) groups is 4. The third-order valence-electron chi connectivity index (χ3n) is 8.85. The van der Waals surface area contributed by atoms with E-state index < -0.39 is 18.5 Å². The highest BCUT2D eigenvalue weighted by molar-refractivity contribution is 6.07. The van der Waals surface area contributed by atoms with Crippen molar-refractivity contribution in [3.8, 4) is 11.5 Å². The molecule has 3 aromatic carbocycles. The van der Waals surface area contributed by atoms with E-state index in [1.807, 2.05) is 24.3 Å². The second-order valence-corrected chi connectivity index (χ2v) is 11.2. The molecule has 1 fully saturated rings. The Balaban J connectivity index is 0.982. The number of nitrogens with zero attached hydrogens (tertiary/aromatic N) is 1. The minimum Gasteiger partial charge on any atom is -0.497 e. The Morgan fingerprint density at radius 2 is 1.35 bits per heavy atom. The number of likely N-dealkylation sites (tertiary alicyclic amines) is 1. The van der Waals surface area contributed by atoms with Gasteiger partial charge in [0.2, 0.25) is 11.8 Å². The number of esters is 1. The first-order valence-corrected chi connectivity index (χ1v) is 14.6. The molecule has 0 unspecified atom stereocenters. The van der Waals surface area contributed by atoms with Gasteiger partial charge in [0.25, 0.3) is 5.91 Å². The summed E-state index contributed by atoms with van der Waals surface area (Å²) in [4.78, 5) is 53.3. The van der Waals surface area contributed by atoms with E-state index in [1.54, 1.807) is 18.2 Å². The first-order chi connectivity index (χ1) is 20.9. The molecular weight excluding hydrogens is 548 g/mol. The highest BCUT2D eigenvalue weighted by atomic mass is 16.5. The monoisotopic (exact) mass is 582 g/mol. The molecule has 3 aromatic rings. The molecule has 1 heterocycles. The summed E-state index contributed by atoms with van der Waals surface area (Å²) < 4.78 is 15.5. The van der Waals surface area contributed by atoms with E-state index >= 15 is 0 Å². The number of amides is 3. The number of hydrogen-bond acceptors (Lipinski definition) is 7. The normalized spacial score (nSPS) is 21.1. The molecule has 2 atom stereocenters. The molecule has 7 rings (SSSR count). The van der Waals surface area contributed by atoms with Crippen molar-refractivity contribution in [1.82, 2.24) is 4.90 Å². The summed E-state index contributed by atoms with van der Waals surface area (Å²) in [6, 6.07) is 21.4. The summed E-state index contributed by atoms with van der Waals surface area (Å²) in [6.07, 6.45) is 1.90. The predicted molar refractivity (Wildman–Crippen MR) is 158 cm³/mol. The van der Waals surface area contributed by atoms with Crippen molar-refractivity contribution in [2.24, 2.45) is 11.8 Å². The van der Waals surface area contributed by atoms with Crippen LogP contribution in [-0.4, -0.2) is 56.0 Å². The highest BCUT2D eigenvalue weighted by Crippen LogP contribution is 2.60. The zero-order chi connectivity index (χ0) is 30.1. The fraction of sp³-hybridized carbons (Fsp3) is 0.353. The number of benzene rings is 3. The van der Waals surface area contributed by atoms with Crippen molar-refractivity contribution in [2.45, 2.75) is 37.5 Å². The zero-order valence-electron chi connectivity index (χ0n) is 24.2. The molecule has 1 N–H and O–H groups in total. The summed E-state index contributed by atoms with van der Waals surface area (Å²) in [5.74, 6) is -1.10. The van der Waals surface area contributed by atoms with Gasteiger partial charge in [-0.3, -0.25) is 24.1 Å². The number of ether oxygens (including phenoxy) is 3. The van der Waals surface area contributed by atoms with E-state index in [9.17, 15) is 19.2 Å². The summed E-state index contributed by atoms with van der Waals surface area (Å²) in [5.41, 5.74) is 5.07. The molecule has 0 saturated carbocycles. The first kappa shape index (κ1) is 28.5. The van der Waals surface area contributed by atoms with Crippen molar-refractivity contribution in [3.63, 3.8) is 0 Å². The van der Waals surface area contributed by atoms with Crippen molar-refractivity contribution >= 4 is 29.4 Å². The molecule has 0 radical (unpaired) electrons.